The first-order valence-electron chi connectivity index (χ1n) is 1.12. The van der Waals surface area contributed by atoms with Gasteiger partial charge in [-0.3, -0.25) is 0 Å². The zero-order valence-electron chi connectivity index (χ0n) is 2.64. The fourth-order valence-electron chi connectivity index (χ4n) is 0. The van der Waals surface area contributed by atoms with Crippen molar-refractivity contribution in [3.05, 3.63) is 0 Å². The summed E-state index contributed by atoms with van der Waals surface area (Å²) < 4.78 is 0. The maximum atomic E-state index is 4.85. The van der Waals surface area contributed by atoms with Crippen LogP contribution in [-0.2, 0) is 0 Å². The van der Waals surface area contributed by atoms with E-state index in [0.29, 0.717) is 0 Å². The van der Waals surface area contributed by atoms with Crippen LogP contribution in [0, 0.1) is 37.7 Å². The maximum absolute atomic E-state index is 4.85. The van der Waals surface area contributed by atoms with Crippen LogP contribution in [0.2, 0.25) is 0 Å². The van der Waals surface area contributed by atoms with Gasteiger partial charge in [0, 0.05) is 37.7 Å². The van der Waals surface area contributed by atoms with E-state index >= 15 is 0 Å². The molecule has 2 N–H and O–H groups in total. The van der Waals surface area contributed by atoms with Crippen LogP contribution in [0.1, 0.15) is 6.92 Å². The molecule has 0 aromatic heterocycles. The zero-order valence-corrected chi connectivity index (χ0v) is 3.35. The molecule has 1 nitrogen and oxygen atoms in total. The summed E-state index contributed by atoms with van der Waals surface area (Å²) in [6, 6.07) is 0. The molecule has 0 aliphatic rings. The summed E-state index contributed by atoms with van der Waals surface area (Å²) in [6.07, 6.45) is 0. The molecular formula is C2H7ArN. The molecule has 0 bridgehead atoms. The first-order chi connectivity index (χ1) is 1.41. The van der Waals surface area contributed by atoms with Gasteiger partial charge in [-0.25, -0.2) is 0 Å². The molecule has 0 rings (SSSR count). The van der Waals surface area contributed by atoms with Gasteiger partial charge in [-0.1, -0.05) is 6.92 Å². The third kappa shape index (κ3) is 10.7. The van der Waals surface area contributed by atoms with Crippen LogP contribution in [0.15, 0.2) is 0 Å². The molecule has 0 unspecified atom stereocenters. The molecule has 0 aromatic rings. The molecule has 28 valence electrons. The predicted octanol–water partition coefficient (Wildman–Crippen LogP) is -0.0350. The second kappa shape index (κ2) is 8.88. The topological polar surface area (TPSA) is 26.0 Å². The van der Waals surface area contributed by atoms with Gasteiger partial charge in [0.25, 0.3) is 0 Å². The van der Waals surface area contributed by atoms with Crippen LogP contribution in [-0.4, -0.2) is 6.54 Å². The molecule has 0 aliphatic carbocycles. The summed E-state index contributed by atoms with van der Waals surface area (Å²) in [7, 11) is 0. The molecule has 0 amide bonds. The fraction of sp³-hybridized carbons (Fsp3) is 1.00. The van der Waals surface area contributed by atoms with Crippen LogP contribution in [0.25, 0.3) is 0 Å². The number of hydrogen-bond acceptors (Lipinski definition) is 1. The normalized spacial score (nSPS) is 4.50. The van der Waals surface area contributed by atoms with Crippen molar-refractivity contribution in [1.29, 1.82) is 0 Å². The van der Waals surface area contributed by atoms with Gasteiger partial charge in [-0.15, -0.1) is 0 Å². The van der Waals surface area contributed by atoms with Crippen molar-refractivity contribution < 1.29 is 37.7 Å². The molecule has 0 radical (unpaired) electrons. The first kappa shape index (κ1) is 8.97. The molecule has 0 saturated carbocycles. The Morgan fingerprint density at radius 1 is 1.75 bits per heavy atom. The third-order valence-corrected chi connectivity index (χ3v) is 0. The van der Waals surface area contributed by atoms with E-state index in [-0.39, 0.29) is 37.7 Å². The molecule has 0 fully saturated rings. The van der Waals surface area contributed by atoms with Crippen molar-refractivity contribution in [3.63, 3.8) is 0 Å². The van der Waals surface area contributed by atoms with E-state index in [2.05, 4.69) is 0 Å². The molecule has 0 heterocycles. The minimum atomic E-state index is 0. The van der Waals surface area contributed by atoms with Crippen molar-refractivity contribution in [3.8, 4) is 0 Å². The smallest absolute Gasteiger partial charge is 0 e. The Morgan fingerprint density at radius 3 is 1.75 bits per heavy atom. The molecule has 0 spiro atoms. The van der Waals surface area contributed by atoms with Gasteiger partial charge in [-0.2, -0.15) is 0 Å². The third-order valence-electron chi connectivity index (χ3n) is 0. The first-order valence-corrected chi connectivity index (χ1v) is 1.12. The van der Waals surface area contributed by atoms with Crippen molar-refractivity contribution in [2.75, 3.05) is 6.54 Å². The van der Waals surface area contributed by atoms with E-state index in [1.807, 2.05) is 6.92 Å². The standard InChI is InChI=1S/C2H7N.Ar/c1-2-3;/h2-3H2,1H3;. The van der Waals surface area contributed by atoms with Gasteiger partial charge >= 0.3 is 0 Å². The summed E-state index contributed by atoms with van der Waals surface area (Å²) in [5.74, 6) is 0. The Kier molecular flexibility index (Phi) is 19.9. The van der Waals surface area contributed by atoms with Crippen LogP contribution < -0.4 is 5.73 Å². The van der Waals surface area contributed by atoms with E-state index in [4.69, 9.17) is 5.73 Å². The van der Waals surface area contributed by atoms with E-state index in [9.17, 15) is 0 Å². The Balaban J connectivity index is 0. The average Bonchev–Trinajstić information content (AvgIpc) is 0.918. The van der Waals surface area contributed by atoms with Crippen LogP contribution in [0.4, 0.5) is 0 Å². The minimum absolute atomic E-state index is 0. The summed E-state index contributed by atoms with van der Waals surface area (Å²) >= 11 is 0. The molecule has 0 aromatic carbocycles. The summed E-state index contributed by atoms with van der Waals surface area (Å²) in [4.78, 5) is 0. The van der Waals surface area contributed by atoms with Crippen molar-refractivity contribution in [2.24, 2.45) is 5.73 Å². The van der Waals surface area contributed by atoms with E-state index in [1.165, 1.54) is 0 Å². The molecular weight excluding hydrogens is 78.0 g/mol. The Labute approximate surface area is 56.6 Å². The maximum Gasteiger partial charge on any atom is 0 e. The van der Waals surface area contributed by atoms with Gasteiger partial charge in [0.2, 0.25) is 0 Å². The van der Waals surface area contributed by atoms with Crippen molar-refractivity contribution in [2.45, 2.75) is 6.92 Å². The number of nitrogens with two attached hydrogens (primary N) is 1. The molecule has 0 saturated heterocycles. The quantitative estimate of drug-likeness (QED) is 0.439. The largest absolute Gasteiger partial charge is 0.331 e. The Morgan fingerprint density at radius 2 is 1.75 bits per heavy atom. The van der Waals surface area contributed by atoms with E-state index in [1.54, 1.807) is 0 Å². The molecule has 4 heavy (non-hydrogen) atoms. The van der Waals surface area contributed by atoms with Gasteiger partial charge in [0.15, 0.2) is 0 Å². The fourth-order valence-corrected chi connectivity index (χ4v) is 0. The Hall–Kier alpha value is 1.22. The van der Waals surface area contributed by atoms with E-state index < -0.39 is 0 Å². The van der Waals surface area contributed by atoms with Gasteiger partial charge in [0.05, 0.1) is 0 Å². The summed E-state index contributed by atoms with van der Waals surface area (Å²) in [6.45, 7) is 2.65. The van der Waals surface area contributed by atoms with Crippen LogP contribution in [0.5, 0.6) is 0 Å². The van der Waals surface area contributed by atoms with Gasteiger partial charge in [0.1, 0.15) is 0 Å². The van der Waals surface area contributed by atoms with Crippen LogP contribution >= 0.6 is 0 Å². The minimum Gasteiger partial charge on any atom is -0.331 e. The van der Waals surface area contributed by atoms with E-state index in [0.717, 1.165) is 6.54 Å². The van der Waals surface area contributed by atoms with Gasteiger partial charge < -0.3 is 5.73 Å². The Bertz CT molecular complexity index is 6.00. The predicted molar refractivity (Wildman–Crippen MR) is 14.7 cm³/mol. The second-order valence-corrected chi connectivity index (χ2v) is 0.408. The van der Waals surface area contributed by atoms with Crippen molar-refractivity contribution in [1.82, 2.24) is 0 Å². The molecule has 2 heteroatoms. The average molecular weight is 85.0 g/mol. The number of rotatable bonds is 0. The van der Waals surface area contributed by atoms with Crippen LogP contribution in [0.3, 0.4) is 0 Å². The molecule has 0 aliphatic heterocycles. The van der Waals surface area contributed by atoms with Gasteiger partial charge in [-0.05, 0) is 6.54 Å². The molecule has 0 atom stereocenters. The zero-order chi connectivity index (χ0) is 2.71. The SMILES string of the molecule is CCN.[Ar]. The summed E-state index contributed by atoms with van der Waals surface area (Å²) in [5, 5.41) is 0. The van der Waals surface area contributed by atoms with Crippen molar-refractivity contribution >= 4 is 0 Å². The monoisotopic (exact) mass is 85.0 g/mol. The summed E-state index contributed by atoms with van der Waals surface area (Å²) in [5.41, 5.74) is 4.85. The number of hydrogen-bond donors (Lipinski definition) is 1. The second-order valence-electron chi connectivity index (χ2n) is 0.408.